The van der Waals surface area contributed by atoms with Crippen molar-refractivity contribution in [3.63, 3.8) is 0 Å². The number of carboxylic acids is 1. The molecule has 2 aliphatic rings. The summed E-state index contributed by atoms with van der Waals surface area (Å²) < 4.78 is 24.4. The predicted octanol–water partition coefficient (Wildman–Crippen LogP) is 2.61. The third-order valence-electron chi connectivity index (χ3n) is 6.37. The highest BCUT2D eigenvalue weighted by Crippen LogP contribution is 2.31. The second kappa shape index (κ2) is 14.5. The van der Waals surface area contributed by atoms with Crippen LogP contribution in [-0.2, 0) is 36.9 Å². The minimum Gasteiger partial charge on any atom is -0.481 e. The first-order chi connectivity index (χ1) is 20.4. The average Bonchev–Trinajstić information content (AvgIpc) is 3.41. The number of amidine groups is 1. The van der Waals surface area contributed by atoms with E-state index in [2.05, 4.69) is 10.6 Å². The van der Waals surface area contributed by atoms with E-state index in [-0.39, 0.29) is 24.5 Å². The first-order valence-corrected chi connectivity index (χ1v) is 12.9. The van der Waals surface area contributed by atoms with E-state index in [1.807, 2.05) is 0 Å². The van der Waals surface area contributed by atoms with E-state index in [1.165, 1.54) is 25.2 Å². The second-order valence-corrected chi connectivity index (χ2v) is 9.40. The van der Waals surface area contributed by atoms with Crippen molar-refractivity contribution < 1.29 is 38.1 Å². The largest absolute Gasteiger partial charge is 0.481 e. The first kappa shape index (κ1) is 32.2. The highest BCUT2D eigenvalue weighted by Gasteiger charge is 2.33. The van der Waals surface area contributed by atoms with Gasteiger partial charge in [0.2, 0.25) is 12.0 Å². The summed E-state index contributed by atoms with van der Waals surface area (Å²) in [6.45, 7) is 1.64. The molecule has 0 bridgehead atoms. The fourth-order valence-electron chi connectivity index (χ4n) is 4.25. The van der Waals surface area contributed by atoms with Gasteiger partial charge in [0.1, 0.15) is 5.84 Å². The number of methoxy groups -OCH3 is 2. The Kier molecular flexibility index (Phi) is 10.9. The standard InChI is InChI=1S/C28H28FN5O5.C2H4O2/c1-38-27(34-14-20-9-10-23(35)24(29)21(20)15-34)26(36)33-13-19-8-7-18(25(30)31)11-22(19)32-12-16-3-5-17(6-4-16)28(37)39-2;1-2(3)4/h3-11,14,27,32H,12-13,15H2,1-2H3,(H3,30,31)(H,33,36);1H3,(H,3,4). The van der Waals surface area contributed by atoms with Gasteiger partial charge < -0.3 is 35.8 Å². The number of hydrogen-bond acceptors (Lipinski definition) is 9. The average molecular weight is 594 g/mol. The van der Waals surface area contributed by atoms with Gasteiger partial charge in [0.15, 0.2) is 5.83 Å². The van der Waals surface area contributed by atoms with Crippen LogP contribution in [0.4, 0.5) is 10.1 Å². The van der Waals surface area contributed by atoms with Crippen molar-refractivity contribution in [3.05, 3.63) is 100 Å². The number of allylic oxidation sites excluding steroid dienone is 3. The summed E-state index contributed by atoms with van der Waals surface area (Å²) in [7, 11) is 2.69. The molecule has 1 unspecified atom stereocenters. The molecule has 1 amide bonds. The number of carbonyl (C=O) groups excluding carboxylic acids is 3. The Morgan fingerprint density at radius 1 is 1.09 bits per heavy atom. The molecular formula is C30H32FN5O7. The van der Waals surface area contributed by atoms with E-state index >= 15 is 0 Å². The molecule has 6 N–H and O–H groups in total. The second-order valence-electron chi connectivity index (χ2n) is 9.40. The van der Waals surface area contributed by atoms with E-state index in [9.17, 15) is 18.8 Å². The number of esters is 1. The summed E-state index contributed by atoms with van der Waals surface area (Å²) in [6, 6.07) is 12.1. The molecule has 1 heterocycles. The number of carboxylic acid groups (broad SMARTS) is 1. The Bertz CT molecular complexity index is 1510. The number of amides is 1. The third kappa shape index (κ3) is 8.36. The molecule has 2 aromatic carbocycles. The van der Waals surface area contributed by atoms with E-state index in [1.54, 1.807) is 48.7 Å². The predicted molar refractivity (Wildman–Crippen MR) is 156 cm³/mol. The molecule has 0 saturated carbocycles. The van der Waals surface area contributed by atoms with Gasteiger partial charge in [-0.25, -0.2) is 9.18 Å². The number of ketones is 1. The molecule has 1 aliphatic carbocycles. The minimum atomic E-state index is -1.05. The molecule has 2 aromatic rings. The van der Waals surface area contributed by atoms with Gasteiger partial charge in [-0.15, -0.1) is 0 Å². The van der Waals surface area contributed by atoms with Gasteiger partial charge >= 0.3 is 5.97 Å². The van der Waals surface area contributed by atoms with Crippen LogP contribution in [-0.4, -0.2) is 66.5 Å². The summed E-state index contributed by atoms with van der Waals surface area (Å²) in [4.78, 5) is 46.9. The zero-order chi connectivity index (χ0) is 31.7. The summed E-state index contributed by atoms with van der Waals surface area (Å²) in [6.07, 6.45) is 3.21. The van der Waals surface area contributed by atoms with Crippen LogP contribution in [0.1, 0.15) is 34.0 Å². The molecule has 0 spiro atoms. The van der Waals surface area contributed by atoms with E-state index in [0.717, 1.165) is 24.1 Å². The number of hydrogen-bond donors (Lipinski definition) is 5. The molecular weight excluding hydrogens is 561 g/mol. The number of nitrogens with one attached hydrogen (secondary N) is 3. The maximum Gasteiger partial charge on any atom is 0.337 e. The van der Waals surface area contributed by atoms with Crippen LogP contribution in [0.25, 0.3) is 0 Å². The first-order valence-electron chi connectivity index (χ1n) is 12.9. The van der Waals surface area contributed by atoms with E-state index < -0.39 is 35.7 Å². The summed E-state index contributed by atoms with van der Waals surface area (Å²) >= 11 is 0. The molecule has 43 heavy (non-hydrogen) atoms. The van der Waals surface area contributed by atoms with Gasteiger partial charge in [0.05, 0.1) is 12.7 Å². The van der Waals surface area contributed by atoms with Crippen molar-refractivity contribution >= 4 is 35.2 Å². The van der Waals surface area contributed by atoms with Gasteiger partial charge in [0.25, 0.3) is 11.9 Å². The van der Waals surface area contributed by atoms with Gasteiger partial charge in [-0.2, -0.15) is 0 Å². The lowest BCUT2D eigenvalue weighted by Gasteiger charge is -2.25. The lowest BCUT2D eigenvalue weighted by molar-refractivity contribution is -0.139. The number of aliphatic carboxylic acids is 1. The monoisotopic (exact) mass is 593 g/mol. The number of nitrogens with zero attached hydrogens (tertiary/aromatic N) is 1. The maximum absolute atomic E-state index is 14.3. The number of halogens is 1. The number of benzene rings is 2. The molecule has 1 aliphatic heterocycles. The summed E-state index contributed by atoms with van der Waals surface area (Å²) in [5, 5.41) is 21.3. The van der Waals surface area contributed by atoms with Crippen LogP contribution in [0.2, 0.25) is 0 Å². The maximum atomic E-state index is 14.3. The molecule has 226 valence electrons. The van der Waals surface area contributed by atoms with Crippen LogP contribution in [0.3, 0.4) is 0 Å². The van der Waals surface area contributed by atoms with Crippen molar-refractivity contribution in [2.75, 3.05) is 26.1 Å². The Balaban J connectivity index is 0.00000119. The zero-order valence-electron chi connectivity index (χ0n) is 23.8. The number of rotatable bonds is 10. The number of carbonyl (C=O) groups is 4. The molecule has 0 radical (unpaired) electrons. The fraction of sp³-hybridized carbons (Fsp3) is 0.233. The number of fused-ring (bicyclic) bond motifs is 1. The van der Waals surface area contributed by atoms with Crippen LogP contribution < -0.4 is 16.4 Å². The Labute approximate surface area is 247 Å². The number of anilines is 1. The SMILES string of the molecule is CC(=O)O.COC(=O)c1ccc(CNc2cc(C(=N)N)ccc2CNC(=O)C(OC)N2C=C3C=CC(=O)C(F)=C3C2)cc1. The highest BCUT2D eigenvalue weighted by molar-refractivity contribution is 6.05. The third-order valence-corrected chi connectivity index (χ3v) is 6.37. The van der Waals surface area contributed by atoms with E-state index in [0.29, 0.717) is 28.9 Å². The van der Waals surface area contributed by atoms with Crippen LogP contribution in [0.15, 0.2) is 77.8 Å². The van der Waals surface area contributed by atoms with Crippen molar-refractivity contribution in [2.24, 2.45) is 5.73 Å². The molecule has 0 saturated heterocycles. The Morgan fingerprint density at radius 2 is 1.74 bits per heavy atom. The molecule has 1 atom stereocenters. The summed E-state index contributed by atoms with van der Waals surface area (Å²) in [5.74, 6) is -3.34. The van der Waals surface area contributed by atoms with Crippen molar-refractivity contribution in [1.29, 1.82) is 5.41 Å². The van der Waals surface area contributed by atoms with Gasteiger partial charge in [0, 0.05) is 56.7 Å². The Morgan fingerprint density at radius 3 is 2.35 bits per heavy atom. The molecule has 0 fully saturated rings. The lowest BCUT2D eigenvalue weighted by atomic mass is 10.0. The highest BCUT2D eigenvalue weighted by atomic mass is 19.1. The number of nitrogen functional groups attached to an aromatic ring is 1. The topological polar surface area (TPSA) is 184 Å². The number of ether oxygens (including phenoxy) is 2. The normalized spacial score (nSPS) is 14.2. The van der Waals surface area contributed by atoms with Crippen molar-refractivity contribution in [2.45, 2.75) is 26.2 Å². The smallest absolute Gasteiger partial charge is 0.337 e. The van der Waals surface area contributed by atoms with Crippen LogP contribution in [0.5, 0.6) is 0 Å². The Hall–Kier alpha value is -5.30. The van der Waals surface area contributed by atoms with Crippen molar-refractivity contribution in [1.82, 2.24) is 10.2 Å². The molecule has 13 heteroatoms. The molecule has 0 aromatic heterocycles. The van der Waals surface area contributed by atoms with E-state index in [4.69, 9.17) is 30.5 Å². The fourth-order valence-corrected chi connectivity index (χ4v) is 4.25. The lowest BCUT2D eigenvalue weighted by Crippen LogP contribution is -2.45. The number of nitrogens with two attached hydrogens (primary N) is 1. The van der Waals surface area contributed by atoms with Crippen molar-refractivity contribution in [3.8, 4) is 0 Å². The molecule has 4 rings (SSSR count). The zero-order valence-corrected chi connectivity index (χ0v) is 23.8. The quantitative estimate of drug-likeness (QED) is 0.156. The minimum absolute atomic E-state index is 0.0258. The van der Waals surface area contributed by atoms with Crippen LogP contribution >= 0.6 is 0 Å². The van der Waals surface area contributed by atoms with Gasteiger partial charge in [-0.1, -0.05) is 24.3 Å². The van der Waals surface area contributed by atoms with Gasteiger partial charge in [-0.05, 0) is 47.1 Å². The van der Waals surface area contributed by atoms with Crippen LogP contribution in [0, 0.1) is 5.41 Å². The summed E-state index contributed by atoms with van der Waals surface area (Å²) in [5.41, 5.74) is 9.63. The molecule has 12 nitrogen and oxygen atoms in total. The van der Waals surface area contributed by atoms with Gasteiger partial charge in [-0.3, -0.25) is 19.8 Å².